The van der Waals surface area contributed by atoms with Gasteiger partial charge < -0.3 is 10.4 Å². The fraction of sp³-hybridized carbons (Fsp3) is 0.444. The van der Waals surface area contributed by atoms with E-state index in [-0.39, 0.29) is 29.8 Å². The van der Waals surface area contributed by atoms with Crippen molar-refractivity contribution >= 4 is 5.91 Å². The molecular weight excluding hydrogens is 309 g/mol. The summed E-state index contributed by atoms with van der Waals surface area (Å²) in [5.41, 5.74) is 1.97. The van der Waals surface area contributed by atoms with E-state index < -0.39 is 0 Å². The lowest BCUT2D eigenvalue weighted by atomic mass is 9.75. The van der Waals surface area contributed by atoms with Crippen molar-refractivity contribution in [1.82, 2.24) is 15.5 Å². The van der Waals surface area contributed by atoms with Crippen LogP contribution < -0.4 is 5.32 Å². The zero-order valence-electron chi connectivity index (χ0n) is 13.4. The van der Waals surface area contributed by atoms with E-state index in [0.29, 0.717) is 19.3 Å². The van der Waals surface area contributed by atoms with E-state index in [1.165, 1.54) is 12.1 Å². The number of aliphatic hydroxyl groups is 1. The molecule has 3 rings (SSSR count). The molecule has 2 aromatic rings. The molecule has 1 fully saturated rings. The van der Waals surface area contributed by atoms with Crippen LogP contribution in [-0.4, -0.2) is 27.3 Å². The number of nitrogens with one attached hydrogen (secondary N) is 2. The molecule has 0 spiro atoms. The maximum atomic E-state index is 13.1. The zero-order valence-corrected chi connectivity index (χ0v) is 13.4. The fourth-order valence-corrected chi connectivity index (χ4v) is 3.16. The number of amides is 1. The van der Waals surface area contributed by atoms with Gasteiger partial charge in [0.25, 0.3) is 0 Å². The number of benzene rings is 1. The monoisotopic (exact) mass is 331 g/mol. The van der Waals surface area contributed by atoms with Crippen LogP contribution in [0.3, 0.4) is 0 Å². The number of aliphatic hydroxyl groups excluding tert-OH is 1. The Kier molecular flexibility index (Phi) is 5.25. The molecule has 1 amide bonds. The van der Waals surface area contributed by atoms with Crippen molar-refractivity contribution in [3.63, 3.8) is 0 Å². The van der Waals surface area contributed by atoms with E-state index in [4.69, 9.17) is 0 Å². The SMILES string of the molecule is O=C(CCCc1cn[nH]c1)N[C@@H](c1ccc(F)cc1)C1CC(O)C1. The number of carbonyl (C=O) groups is 1. The standard InChI is InChI=1S/C18H22FN3O2/c19-15-6-4-13(5-7-15)18(14-8-16(23)9-14)22-17(24)3-1-2-12-10-20-21-11-12/h4-7,10-11,14,16,18,23H,1-3,8-9H2,(H,20,21)(H,22,24)/t14?,16?,18-/m0/s1. The third-order valence-corrected chi connectivity index (χ3v) is 4.59. The van der Waals surface area contributed by atoms with Crippen LogP contribution >= 0.6 is 0 Å². The summed E-state index contributed by atoms with van der Waals surface area (Å²) in [6, 6.07) is 6.05. The van der Waals surface area contributed by atoms with Crippen LogP contribution in [0.4, 0.5) is 4.39 Å². The first-order valence-electron chi connectivity index (χ1n) is 8.32. The van der Waals surface area contributed by atoms with E-state index >= 15 is 0 Å². The molecule has 0 saturated heterocycles. The number of hydrogen-bond donors (Lipinski definition) is 3. The first kappa shape index (κ1) is 16.6. The summed E-state index contributed by atoms with van der Waals surface area (Å²) in [5, 5.41) is 19.3. The third kappa shape index (κ3) is 4.20. The average Bonchev–Trinajstić information content (AvgIpc) is 3.04. The van der Waals surface area contributed by atoms with Gasteiger partial charge in [-0.3, -0.25) is 9.89 Å². The number of halogens is 1. The molecule has 1 heterocycles. The van der Waals surface area contributed by atoms with Gasteiger partial charge in [-0.2, -0.15) is 5.10 Å². The lowest BCUT2D eigenvalue weighted by Gasteiger charge is -2.38. The predicted molar refractivity (Wildman–Crippen MR) is 87.5 cm³/mol. The molecule has 3 N–H and O–H groups in total. The van der Waals surface area contributed by atoms with Crippen LogP contribution in [0.2, 0.25) is 0 Å². The number of aromatic amines is 1. The Balaban J connectivity index is 1.56. The van der Waals surface area contributed by atoms with Gasteiger partial charge in [0.2, 0.25) is 5.91 Å². The van der Waals surface area contributed by atoms with Crippen molar-refractivity contribution in [1.29, 1.82) is 0 Å². The molecule has 1 aliphatic rings. The van der Waals surface area contributed by atoms with E-state index in [1.54, 1.807) is 18.3 Å². The van der Waals surface area contributed by atoms with E-state index in [9.17, 15) is 14.3 Å². The van der Waals surface area contributed by atoms with Crippen molar-refractivity contribution < 1.29 is 14.3 Å². The molecule has 24 heavy (non-hydrogen) atoms. The second kappa shape index (κ2) is 7.57. The van der Waals surface area contributed by atoms with Gasteiger partial charge in [-0.25, -0.2) is 4.39 Å². The summed E-state index contributed by atoms with van der Waals surface area (Å²) < 4.78 is 13.1. The molecule has 1 aromatic heterocycles. The zero-order chi connectivity index (χ0) is 16.9. The van der Waals surface area contributed by atoms with Gasteiger partial charge in [-0.15, -0.1) is 0 Å². The number of rotatable bonds is 7. The Morgan fingerprint density at radius 1 is 1.38 bits per heavy atom. The topological polar surface area (TPSA) is 78.0 Å². The van der Waals surface area contributed by atoms with Gasteiger partial charge in [0, 0.05) is 12.6 Å². The highest BCUT2D eigenvalue weighted by Crippen LogP contribution is 2.38. The van der Waals surface area contributed by atoms with Crippen LogP contribution in [0.5, 0.6) is 0 Å². The number of H-pyrrole nitrogens is 1. The van der Waals surface area contributed by atoms with Crippen LogP contribution in [0.15, 0.2) is 36.7 Å². The highest BCUT2D eigenvalue weighted by molar-refractivity contribution is 5.76. The highest BCUT2D eigenvalue weighted by atomic mass is 19.1. The Bertz CT molecular complexity index is 651. The molecular formula is C18H22FN3O2. The number of aryl methyl sites for hydroxylation is 1. The molecule has 5 nitrogen and oxygen atoms in total. The van der Waals surface area contributed by atoms with Gasteiger partial charge in [0.1, 0.15) is 5.82 Å². The Labute approximate surface area is 140 Å². The molecule has 128 valence electrons. The minimum atomic E-state index is -0.295. The fourth-order valence-electron chi connectivity index (χ4n) is 3.16. The maximum Gasteiger partial charge on any atom is 0.220 e. The van der Waals surface area contributed by atoms with E-state index in [2.05, 4.69) is 15.5 Å². The number of aromatic nitrogens is 2. The van der Waals surface area contributed by atoms with Crippen LogP contribution in [-0.2, 0) is 11.2 Å². The Hall–Kier alpha value is -2.21. The summed E-state index contributed by atoms with van der Waals surface area (Å²) >= 11 is 0. The van der Waals surface area contributed by atoms with Gasteiger partial charge in [-0.05, 0) is 54.9 Å². The summed E-state index contributed by atoms with van der Waals surface area (Å²) in [6.45, 7) is 0. The van der Waals surface area contributed by atoms with Crippen molar-refractivity contribution in [2.24, 2.45) is 5.92 Å². The third-order valence-electron chi connectivity index (χ3n) is 4.59. The normalized spacial score (nSPS) is 21.1. The van der Waals surface area contributed by atoms with E-state index in [0.717, 1.165) is 24.0 Å². The number of carbonyl (C=O) groups excluding carboxylic acids is 1. The van der Waals surface area contributed by atoms with Gasteiger partial charge in [0.05, 0.1) is 18.3 Å². The van der Waals surface area contributed by atoms with Crippen molar-refractivity contribution in [2.45, 2.75) is 44.2 Å². The quantitative estimate of drug-likeness (QED) is 0.729. The molecule has 0 radical (unpaired) electrons. The Morgan fingerprint density at radius 3 is 2.75 bits per heavy atom. The highest BCUT2D eigenvalue weighted by Gasteiger charge is 2.35. The summed E-state index contributed by atoms with van der Waals surface area (Å²) in [6.07, 6.45) is 6.59. The Morgan fingerprint density at radius 2 is 2.12 bits per heavy atom. The van der Waals surface area contributed by atoms with Crippen LogP contribution in [0.25, 0.3) is 0 Å². The van der Waals surface area contributed by atoms with Crippen LogP contribution in [0, 0.1) is 11.7 Å². The summed E-state index contributed by atoms with van der Waals surface area (Å²) in [5.74, 6) is -0.116. The largest absolute Gasteiger partial charge is 0.393 e. The first-order valence-corrected chi connectivity index (χ1v) is 8.32. The minimum Gasteiger partial charge on any atom is -0.393 e. The lowest BCUT2D eigenvalue weighted by molar-refractivity contribution is -0.123. The lowest BCUT2D eigenvalue weighted by Crippen LogP contribution is -2.41. The average molecular weight is 331 g/mol. The smallest absolute Gasteiger partial charge is 0.220 e. The summed E-state index contributed by atoms with van der Waals surface area (Å²) in [7, 11) is 0. The molecule has 0 aliphatic heterocycles. The minimum absolute atomic E-state index is 0.0193. The molecule has 0 bridgehead atoms. The molecule has 1 aliphatic carbocycles. The van der Waals surface area contributed by atoms with Gasteiger partial charge in [0.15, 0.2) is 0 Å². The maximum absolute atomic E-state index is 13.1. The number of nitrogens with zero attached hydrogens (tertiary/aromatic N) is 1. The first-order chi connectivity index (χ1) is 11.6. The van der Waals surface area contributed by atoms with Crippen molar-refractivity contribution in [3.05, 3.63) is 53.6 Å². The molecule has 1 atom stereocenters. The number of hydrogen-bond acceptors (Lipinski definition) is 3. The van der Waals surface area contributed by atoms with Crippen molar-refractivity contribution in [3.8, 4) is 0 Å². The van der Waals surface area contributed by atoms with Crippen LogP contribution in [0.1, 0.15) is 42.9 Å². The summed E-state index contributed by atoms with van der Waals surface area (Å²) in [4.78, 5) is 12.3. The molecule has 1 saturated carbocycles. The van der Waals surface area contributed by atoms with Crippen molar-refractivity contribution in [2.75, 3.05) is 0 Å². The molecule has 0 unspecified atom stereocenters. The van der Waals surface area contributed by atoms with Gasteiger partial charge >= 0.3 is 0 Å². The van der Waals surface area contributed by atoms with Gasteiger partial charge in [-0.1, -0.05) is 12.1 Å². The predicted octanol–water partition coefficient (Wildman–Crippen LogP) is 2.50. The second-order valence-corrected chi connectivity index (χ2v) is 6.44. The van der Waals surface area contributed by atoms with E-state index in [1.807, 2.05) is 6.20 Å². The molecule has 1 aromatic carbocycles. The second-order valence-electron chi connectivity index (χ2n) is 6.44. The molecule has 6 heteroatoms.